The first-order valence-corrected chi connectivity index (χ1v) is 3.81. The summed E-state index contributed by atoms with van der Waals surface area (Å²) in [6.07, 6.45) is 1.49. The van der Waals surface area contributed by atoms with Gasteiger partial charge in [-0.25, -0.2) is 0 Å². The summed E-state index contributed by atoms with van der Waals surface area (Å²) in [5.74, 6) is 0.0956. The number of amides is 1. The maximum Gasteiger partial charge on any atom is 0.257 e. The number of anilines is 1. The quantitative estimate of drug-likeness (QED) is 0.707. The smallest absolute Gasteiger partial charge is 0.257 e. The summed E-state index contributed by atoms with van der Waals surface area (Å²) < 4.78 is 27.5. The molecule has 13 heavy (non-hydrogen) atoms. The standard InChI is InChI=1S/C8H13N3O2/c1-6(2)13-8-7(9-5-12)4-11(3)10-8/h4-6H,1-3H3,(H,9,12)/i3D3. The molecule has 1 amide bonds. The monoisotopic (exact) mass is 186 g/mol. The van der Waals surface area contributed by atoms with Crippen molar-refractivity contribution >= 4 is 12.1 Å². The second-order valence-corrected chi connectivity index (χ2v) is 2.72. The van der Waals surface area contributed by atoms with E-state index >= 15 is 0 Å². The molecule has 72 valence electrons. The van der Waals surface area contributed by atoms with Gasteiger partial charge in [-0.3, -0.25) is 9.48 Å². The van der Waals surface area contributed by atoms with Crippen molar-refractivity contribution in [2.45, 2.75) is 20.0 Å². The van der Waals surface area contributed by atoms with Crippen LogP contribution in [0.3, 0.4) is 0 Å². The lowest BCUT2D eigenvalue weighted by Gasteiger charge is -2.07. The van der Waals surface area contributed by atoms with Crippen LogP contribution in [0.2, 0.25) is 0 Å². The largest absolute Gasteiger partial charge is 0.472 e. The lowest BCUT2D eigenvalue weighted by molar-refractivity contribution is -0.105. The van der Waals surface area contributed by atoms with Gasteiger partial charge in [-0.15, -0.1) is 5.10 Å². The molecule has 1 N–H and O–H groups in total. The van der Waals surface area contributed by atoms with Gasteiger partial charge in [0, 0.05) is 11.1 Å². The summed E-state index contributed by atoms with van der Waals surface area (Å²) in [4.78, 5) is 10.3. The molecule has 0 bridgehead atoms. The maximum absolute atomic E-state index is 10.3. The van der Waals surface area contributed by atoms with Gasteiger partial charge in [0.15, 0.2) is 0 Å². The zero-order valence-electron chi connectivity index (χ0n) is 10.4. The van der Waals surface area contributed by atoms with E-state index in [4.69, 9.17) is 8.85 Å². The van der Waals surface area contributed by atoms with Gasteiger partial charge >= 0.3 is 0 Å². The molecular formula is C8H13N3O2. The summed E-state index contributed by atoms with van der Waals surface area (Å²) in [6, 6.07) is 0. The number of nitrogens with zero attached hydrogens (tertiary/aromatic N) is 2. The summed E-state index contributed by atoms with van der Waals surface area (Å²) in [5.41, 5.74) is 0.236. The Labute approximate surface area is 80.9 Å². The van der Waals surface area contributed by atoms with Crippen LogP contribution in [0.1, 0.15) is 18.0 Å². The van der Waals surface area contributed by atoms with E-state index in [-0.39, 0.29) is 17.7 Å². The minimum atomic E-state index is -2.39. The molecule has 0 spiro atoms. The highest BCUT2D eigenvalue weighted by Gasteiger charge is 2.09. The average Bonchev–Trinajstić information content (AvgIpc) is 2.47. The minimum Gasteiger partial charge on any atom is -0.472 e. The van der Waals surface area contributed by atoms with Crippen LogP contribution in [0, 0.1) is 0 Å². The van der Waals surface area contributed by atoms with Crippen LogP contribution in [0.4, 0.5) is 5.69 Å². The molecule has 0 aliphatic carbocycles. The number of rotatable bonds is 4. The van der Waals surface area contributed by atoms with Crippen molar-refractivity contribution in [2.75, 3.05) is 5.32 Å². The maximum atomic E-state index is 10.3. The summed E-state index contributed by atoms with van der Waals surface area (Å²) >= 11 is 0. The van der Waals surface area contributed by atoms with E-state index in [2.05, 4.69) is 10.4 Å². The zero-order valence-corrected chi connectivity index (χ0v) is 7.44. The van der Waals surface area contributed by atoms with E-state index in [0.717, 1.165) is 4.68 Å². The Balaban J connectivity index is 3.04. The molecule has 0 fully saturated rings. The summed E-state index contributed by atoms with van der Waals surface area (Å²) in [5, 5.41) is 6.09. The van der Waals surface area contributed by atoms with Crippen LogP contribution in [0.5, 0.6) is 5.88 Å². The Morgan fingerprint density at radius 3 is 3.15 bits per heavy atom. The zero-order chi connectivity index (χ0) is 12.3. The van der Waals surface area contributed by atoms with E-state index in [1.54, 1.807) is 13.8 Å². The number of nitrogens with one attached hydrogen (secondary N) is 1. The number of aryl methyl sites for hydroxylation is 1. The van der Waals surface area contributed by atoms with Gasteiger partial charge in [-0.1, -0.05) is 0 Å². The van der Waals surface area contributed by atoms with Crippen molar-refractivity contribution in [1.29, 1.82) is 0 Å². The van der Waals surface area contributed by atoms with Crippen molar-refractivity contribution in [3.05, 3.63) is 6.20 Å². The molecule has 0 aliphatic heterocycles. The second kappa shape index (κ2) is 3.93. The van der Waals surface area contributed by atoms with E-state index in [1.165, 1.54) is 6.20 Å². The topological polar surface area (TPSA) is 56.2 Å². The molecule has 0 unspecified atom stereocenters. The number of carbonyl (C=O) groups is 1. The third-order valence-electron chi connectivity index (χ3n) is 1.24. The number of carbonyl (C=O) groups excluding carboxylic acids is 1. The number of hydrogen-bond acceptors (Lipinski definition) is 3. The van der Waals surface area contributed by atoms with Crippen LogP contribution in [-0.2, 0) is 11.8 Å². The molecule has 0 saturated carbocycles. The highest BCUT2D eigenvalue weighted by atomic mass is 16.5. The van der Waals surface area contributed by atoms with Crippen LogP contribution in [0.15, 0.2) is 6.20 Å². The molecule has 1 aromatic rings. The van der Waals surface area contributed by atoms with Crippen LogP contribution >= 0.6 is 0 Å². The molecule has 1 rings (SSSR count). The Morgan fingerprint density at radius 2 is 2.62 bits per heavy atom. The number of aromatic nitrogens is 2. The summed E-state index contributed by atoms with van der Waals surface area (Å²) in [7, 11) is 0. The van der Waals surface area contributed by atoms with Gasteiger partial charge in [0.05, 0.1) is 12.3 Å². The molecular weight excluding hydrogens is 170 g/mol. The third kappa shape index (κ3) is 2.47. The molecule has 1 heterocycles. The van der Waals surface area contributed by atoms with Gasteiger partial charge < -0.3 is 10.1 Å². The van der Waals surface area contributed by atoms with Crippen molar-refractivity contribution in [1.82, 2.24) is 9.78 Å². The first-order chi connectivity index (χ1) is 7.34. The molecule has 0 radical (unpaired) electrons. The second-order valence-electron chi connectivity index (χ2n) is 2.72. The van der Waals surface area contributed by atoms with Gasteiger partial charge in [-0.2, -0.15) is 0 Å². The first kappa shape index (κ1) is 6.01. The SMILES string of the molecule is [2H]C([2H])([2H])n1cc(NC=O)c(OC(C)C)n1. The van der Waals surface area contributed by atoms with Crippen LogP contribution in [0.25, 0.3) is 0 Å². The fourth-order valence-electron chi connectivity index (χ4n) is 0.831. The van der Waals surface area contributed by atoms with Gasteiger partial charge in [0.1, 0.15) is 5.69 Å². The predicted molar refractivity (Wildman–Crippen MR) is 48.7 cm³/mol. The van der Waals surface area contributed by atoms with Gasteiger partial charge in [-0.05, 0) is 13.8 Å². The molecule has 0 saturated heterocycles. The van der Waals surface area contributed by atoms with Crippen molar-refractivity contribution in [3.8, 4) is 5.88 Å². The molecule has 5 nitrogen and oxygen atoms in total. The van der Waals surface area contributed by atoms with Crippen molar-refractivity contribution in [2.24, 2.45) is 6.98 Å². The van der Waals surface area contributed by atoms with E-state index in [1.807, 2.05) is 0 Å². The van der Waals surface area contributed by atoms with E-state index < -0.39 is 6.98 Å². The predicted octanol–water partition coefficient (Wildman–Crippen LogP) is 0.776. The van der Waals surface area contributed by atoms with Gasteiger partial charge in [0.2, 0.25) is 6.41 Å². The third-order valence-corrected chi connectivity index (χ3v) is 1.24. The fourth-order valence-corrected chi connectivity index (χ4v) is 0.831. The van der Waals surface area contributed by atoms with Crippen molar-refractivity contribution < 1.29 is 13.6 Å². The van der Waals surface area contributed by atoms with E-state index in [0.29, 0.717) is 6.41 Å². The van der Waals surface area contributed by atoms with Crippen LogP contribution in [-0.4, -0.2) is 22.3 Å². The Kier molecular flexibility index (Phi) is 1.82. The molecule has 0 aliphatic rings. The molecule has 0 atom stereocenters. The normalized spacial score (nSPS) is 14.5. The lowest BCUT2D eigenvalue weighted by Crippen LogP contribution is -2.08. The average molecular weight is 186 g/mol. The fraction of sp³-hybridized carbons (Fsp3) is 0.500. The van der Waals surface area contributed by atoms with Crippen molar-refractivity contribution in [3.63, 3.8) is 0 Å². The summed E-state index contributed by atoms with van der Waals surface area (Å²) in [6.45, 7) is 1.16. The Hall–Kier alpha value is -1.52. The molecule has 5 heteroatoms. The Morgan fingerprint density at radius 1 is 1.85 bits per heavy atom. The Bertz CT molecular complexity index is 373. The number of hydrogen-bond donors (Lipinski definition) is 1. The van der Waals surface area contributed by atoms with E-state index in [9.17, 15) is 4.79 Å². The first-order valence-electron chi connectivity index (χ1n) is 5.31. The van der Waals surface area contributed by atoms with Crippen LogP contribution < -0.4 is 10.1 Å². The van der Waals surface area contributed by atoms with Gasteiger partial charge in [0.25, 0.3) is 5.88 Å². The highest BCUT2D eigenvalue weighted by Crippen LogP contribution is 2.21. The highest BCUT2D eigenvalue weighted by molar-refractivity contribution is 5.73. The lowest BCUT2D eigenvalue weighted by atomic mass is 10.4. The number of ether oxygens (including phenoxy) is 1. The molecule has 1 aromatic heterocycles. The minimum absolute atomic E-state index is 0.0956. The molecule has 0 aromatic carbocycles.